The van der Waals surface area contributed by atoms with E-state index in [1.165, 1.54) is 10.9 Å². The van der Waals surface area contributed by atoms with E-state index in [1.807, 2.05) is 31.0 Å². The Morgan fingerprint density at radius 1 is 1.32 bits per heavy atom. The van der Waals surface area contributed by atoms with Crippen molar-refractivity contribution in [3.63, 3.8) is 0 Å². The summed E-state index contributed by atoms with van der Waals surface area (Å²) in [4.78, 5) is 17.1. The molecule has 102 valence electrons. The van der Waals surface area contributed by atoms with E-state index in [4.69, 9.17) is 0 Å². The standard InChI is InChI=1S/C15H19BrN2O/c1-3-18(4-2)15(19)8-5-11-10-17-14-7-6-12(16)9-13(11)14/h6-7,9-10,17H,3-5,8H2,1-2H3. The van der Waals surface area contributed by atoms with E-state index in [9.17, 15) is 4.79 Å². The molecule has 0 atom stereocenters. The van der Waals surface area contributed by atoms with Gasteiger partial charge in [-0.1, -0.05) is 15.9 Å². The highest BCUT2D eigenvalue weighted by Crippen LogP contribution is 2.23. The quantitative estimate of drug-likeness (QED) is 0.894. The lowest BCUT2D eigenvalue weighted by atomic mass is 10.1. The summed E-state index contributed by atoms with van der Waals surface area (Å²) in [5.41, 5.74) is 2.32. The van der Waals surface area contributed by atoms with Crippen molar-refractivity contribution >= 4 is 32.7 Å². The third-order valence-electron chi connectivity index (χ3n) is 3.45. The molecule has 2 rings (SSSR count). The number of rotatable bonds is 5. The fraction of sp³-hybridized carbons (Fsp3) is 0.400. The number of nitrogens with one attached hydrogen (secondary N) is 1. The molecular weight excluding hydrogens is 304 g/mol. The summed E-state index contributed by atoms with van der Waals surface area (Å²) >= 11 is 3.49. The Hall–Kier alpha value is -1.29. The van der Waals surface area contributed by atoms with Gasteiger partial charge in [0.05, 0.1) is 0 Å². The third kappa shape index (κ3) is 3.18. The molecule has 3 nitrogen and oxygen atoms in total. The molecule has 0 aliphatic heterocycles. The number of benzene rings is 1. The number of carbonyl (C=O) groups excluding carboxylic acids is 1. The molecule has 2 aromatic rings. The lowest BCUT2D eigenvalue weighted by Crippen LogP contribution is -2.30. The number of halogens is 1. The topological polar surface area (TPSA) is 36.1 Å². The molecule has 0 aliphatic rings. The van der Waals surface area contributed by atoms with Crippen LogP contribution in [0.25, 0.3) is 10.9 Å². The van der Waals surface area contributed by atoms with Gasteiger partial charge in [-0.2, -0.15) is 0 Å². The zero-order valence-electron chi connectivity index (χ0n) is 11.4. The average molecular weight is 323 g/mol. The molecule has 1 amide bonds. The molecule has 1 heterocycles. The van der Waals surface area contributed by atoms with Gasteiger partial charge >= 0.3 is 0 Å². The fourth-order valence-electron chi connectivity index (χ4n) is 2.33. The zero-order valence-corrected chi connectivity index (χ0v) is 13.0. The monoisotopic (exact) mass is 322 g/mol. The lowest BCUT2D eigenvalue weighted by molar-refractivity contribution is -0.130. The van der Waals surface area contributed by atoms with Gasteiger partial charge < -0.3 is 9.88 Å². The van der Waals surface area contributed by atoms with Crippen LogP contribution in [0.5, 0.6) is 0 Å². The number of hydrogen-bond donors (Lipinski definition) is 1. The van der Waals surface area contributed by atoms with Crippen molar-refractivity contribution in [1.29, 1.82) is 0 Å². The Morgan fingerprint density at radius 2 is 2.05 bits per heavy atom. The first-order chi connectivity index (χ1) is 9.15. The minimum atomic E-state index is 0.231. The largest absolute Gasteiger partial charge is 0.361 e. The zero-order chi connectivity index (χ0) is 13.8. The maximum atomic E-state index is 12.0. The van der Waals surface area contributed by atoms with Crippen LogP contribution in [0.1, 0.15) is 25.8 Å². The number of H-pyrrole nitrogens is 1. The molecule has 0 spiro atoms. The van der Waals surface area contributed by atoms with Gasteiger partial charge in [0.1, 0.15) is 0 Å². The maximum Gasteiger partial charge on any atom is 0.222 e. The number of amides is 1. The summed E-state index contributed by atoms with van der Waals surface area (Å²) in [6, 6.07) is 6.17. The molecular formula is C15H19BrN2O. The minimum absolute atomic E-state index is 0.231. The van der Waals surface area contributed by atoms with E-state index >= 15 is 0 Å². The first-order valence-corrected chi connectivity index (χ1v) is 7.48. The predicted octanol–water partition coefficient (Wildman–Crippen LogP) is 3.73. The smallest absolute Gasteiger partial charge is 0.222 e. The molecule has 0 saturated heterocycles. The Balaban J connectivity index is 2.10. The van der Waals surface area contributed by atoms with Gasteiger partial charge in [-0.05, 0) is 44.0 Å². The number of aryl methyl sites for hydroxylation is 1. The first kappa shape index (κ1) is 14.1. The van der Waals surface area contributed by atoms with Crippen molar-refractivity contribution in [3.05, 3.63) is 34.4 Å². The van der Waals surface area contributed by atoms with Crippen molar-refractivity contribution in [3.8, 4) is 0 Å². The predicted molar refractivity (Wildman–Crippen MR) is 82.2 cm³/mol. The Morgan fingerprint density at radius 3 is 2.74 bits per heavy atom. The van der Waals surface area contributed by atoms with Gasteiger partial charge in [-0.25, -0.2) is 0 Å². The van der Waals surface area contributed by atoms with E-state index in [-0.39, 0.29) is 5.91 Å². The van der Waals surface area contributed by atoms with Crippen LogP contribution in [-0.4, -0.2) is 28.9 Å². The maximum absolute atomic E-state index is 12.0. The Labute approximate surface area is 122 Å². The molecule has 1 aromatic carbocycles. The number of nitrogens with zero attached hydrogens (tertiary/aromatic N) is 1. The molecule has 0 bridgehead atoms. The minimum Gasteiger partial charge on any atom is -0.361 e. The second-order valence-electron chi connectivity index (χ2n) is 4.57. The van der Waals surface area contributed by atoms with E-state index in [1.54, 1.807) is 0 Å². The summed E-state index contributed by atoms with van der Waals surface area (Å²) in [5, 5.41) is 1.20. The van der Waals surface area contributed by atoms with Crippen LogP contribution in [0.15, 0.2) is 28.9 Å². The molecule has 1 aromatic heterocycles. The van der Waals surface area contributed by atoms with Crippen molar-refractivity contribution in [2.24, 2.45) is 0 Å². The molecule has 0 radical (unpaired) electrons. The van der Waals surface area contributed by atoms with Gasteiger partial charge in [0, 0.05) is 41.1 Å². The molecule has 0 fully saturated rings. The van der Waals surface area contributed by atoms with Crippen LogP contribution in [-0.2, 0) is 11.2 Å². The highest BCUT2D eigenvalue weighted by Gasteiger charge is 2.11. The SMILES string of the molecule is CCN(CC)C(=O)CCc1c[nH]c2ccc(Br)cc12. The summed E-state index contributed by atoms with van der Waals surface area (Å²) < 4.78 is 1.07. The summed E-state index contributed by atoms with van der Waals surface area (Å²) in [6.45, 7) is 5.61. The van der Waals surface area contributed by atoms with Crippen molar-refractivity contribution in [1.82, 2.24) is 9.88 Å². The second-order valence-corrected chi connectivity index (χ2v) is 5.49. The van der Waals surface area contributed by atoms with Gasteiger partial charge in [0.15, 0.2) is 0 Å². The van der Waals surface area contributed by atoms with E-state index in [0.717, 1.165) is 29.5 Å². The second kappa shape index (κ2) is 6.24. The number of fused-ring (bicyclic) bond motifs is 1. The highest BCUT2D eigenvalue weighted by molar-refractivity contribution is 9.10. The first-order valence-electron chi connectivity index (χ1n) is 6.69. The van der Waals surface area contributed by atoms with E-state index in [0.29, 0.717) is 6.42 Å². The van der Waals surface area contributed by atoms with Crippen molar-refractivity contribution < 1.29 is 4.79 Å². The summed E-state index contributed by atoms with van der Waals surface area (Å²) in [5.74, 6) is 0.231. The fourth-order valence-corrected chi connectivity index (χ4v) is 2.69. The molecule has 1 N–H and O–H groups in total. The van der Waals surface area contributed by atoms with Gasteiger partial charge in [-0.3, -0.25) is 4.79 Å². The molecule has 19 heavy (non-hydrogen) atoms. The molecule has 4 heteroatoms. The van der Waals surface area contributed by atoms with Crippen molar-refractivity contribution in [2.75, 3.05) is 13.1 Å². The number of aromatic nitrogens is 1. The molecule has 0 aliphatic carbocycles. The van der Waals surface area contributed by atoms with E-state index < -0.39 is 0 Å². The lowest BCUT2D eigenvalue weighted by Gasteiger charge is -2.18. The Kier molecular flexibility index (Phi) is 4.64. The van der Waals surface area contributed by atoms with Gasteiger partial charge in [0.2, 0.25) is 5.91 Å². The normalized spacial score (nSPS) is 10.9. The Bertz CT molecular complexity index is 573. The van der Waals surface area contributed by atoms with E-state index in [2.05, 4.69) is 33.0 Å². The third-order valence-corrected chi connectivity index (χ3v) is 3.95. The summed E-state index contributed by atoms with van der Waals surface area (Å²) in [6.07, 6.45) is 3.36. The highest BCUT2D eigenvalue weighted by atomic mass is 79.9. The molecule has 0 saturated carbocycles. The molecule has 0 unspecified atom stereocenters. The van der Waals surface area contributed by atoms with Crippen LogP contribution in [0.2, 0.25) is 0 Å². The van der Waals surface area contributed by atoms with Gasteiger partial charge in [0.25, 0.3) is 0 Å². The number of carbonyl (C=O) groups is 1. The van der Waals surface area contributed by atoms with Crippen LogP contribution in [0.3, 0.4) is 0 Å². The van der Waals surface area contributed by atoms with Crippen LogP contribution >= 0.6 is 15.9 Å². The average Bonchev–Trinajstić information content (AvgIpc) is 2.80. The van der Waals surface area contributed by atoms with Crippen LogP contribution in [0.4, 0.5) is 0 Å². The number of hydrogen-bond acceptors (Lipinski definition) is 1. The van der Waals surface area contributed by atoms with Crippen molar-refractivity contribution in [2.45, 2.75) is 26.7 Å². The summed E-state index contributed by atoms with van der Waals surface area (Å²) in [7, 11) is 0. The number of aromatic amines is 1. The van der Waals surface area contributed by atoms with Crippen LogP contribution in [0, 0.1) is 0 Å². The van der Waals surface area contributed by atoms with Gasteiger partial charge in [-0.15, -0.1) is 0 Å². The van der Waals surface area contributed by atoms with Crippen LogP contribution < -0.4 is 0 Å².